The minimum absolute atomic E-state index is 0.0725. The maximum absolute atomic E-state index is 13.5. The molecular weight excluding hydrogens is 536 g/mol. The topological polar surface area (TPSA) is 71.1 Å². The molecule has 0 unspecified atom stereocenters. The highest BCUT2D eigenvalue weighted by molar-refractivity contribution is 7.91. The van der Waals surface area contributed by atoms with E-state index in [0.29, 0.717) is 30.3 Å². The zero-order valence-electron chi connectivity index (χ0n) is 22.7. The van der Waals surface area contributed by atoms with E-state index in [-0.39, 0.29) is 12.4 Å². The van der Waals surface area contributed by atoms with Crippen LogP contribution in [0, 0.1) is 5.92 Å². The van der Waals surface area contributed by atoms with E-state index < -0.39 is 40.2 Å². The number of sulfone groups is 1. The fourth-order valence-electron chi connectivity index (χ4n) is 5.78. The molecule has 0 aliphatic carbocycles. The molecule has 0 bridgehead atoms. The first-order valence-corrected chi connectivity index (χ1v) is 15.6. The van der Waals surface area contributed by atoms with Gasteiger partial charge in [-0.2, -0.15) is 0 Å². The fraction of sp³-hybridized carbons (Fsp3) is 0.294. The smallest absolute Gasteiger partial charge is 0.179 e. The van der Waals surface area contributed by atoms with E-state index >= 15 is 0 Å². The van der Waals surface area contributed by atoms with Gasteiger partial charge in [-0.3, -0.25) is 0 Å². The molecule has 4 aromatic rings. The summed E-state index contributed by atoms with van der Waals surface area (Å²) in [4.78, 5) is 0.329. The maximum Gasteiger partial charge on any atom is 0.179 e. The number of hydrogen-bond donors (Lipinski definition) is 0. The summed E-state index contributed by atoms with van der Waals surface area (Å²) in [5, 5.41) is 0. The van der Waals surface area contributed by atoms with Crippen LogP contribution < -0.4 is 0 Å². The molecule has 0 N–H and O–H groups in total. The van der Waals surface area contributed by atoms with E-state index in [0.717, 1.165) is 16.7 Å². The number of hydrogen-bond acceptors (Lipinski definition) is 6. The molecular formula is C34H34O6S. The summed E-state index contributed by atoms with van der Waals surface area (Å²) < 4.78 is 53.0. The van der Waals surface area contributed by atoms with Crippen molar-refractivity contribution in [2.45, 2.75) is 49.1 Å². The molecule has 7 heteroatoms. The summed E-state index contributed by atoms with van der Waals surface area (Å²) in [5.74, 6) is -0.513. The van der Waals surface area contributed by atoms with Crippen LogP contribution in [0.25, 0.3) is 0 Å². The molecule has 0 spiro atoms. The lowest BCUT2D eigenvalue weighted by atomic mass is 9.84. The van der Waals surface area contributed by atoms with Gasteiger partial charge >= 0.3 is 0 Å². The monoisotopic (exact) mass is 570 g/mol. The van der Waals surface area contributed by atoms with Crippen molar-refractivity contribution < 1.29 is 27.4 Å². The van der Waals surface area contributed by atoms with Gasteiger partial charge in [-0.15, -0.1) is 0 Å². The Morgan fingerprint density at radius 1 is 0.634 bits per heavy atom. The lowest BCUT2D eigenvalue weighted by Gasteiger charge is -2.48. The van der Waals surface area contributed by atoms with Gasteiger partial charge in [-0.1, -0.05) is 109 Å². The van der Waals surface area contributed by atoms with E-state index in [1.165, 1.54) is 0 Å². The Bertz CT molecular complexity index is 1510. The summed E-state index contributed by atoms with van der Waals surface area (Å²) >= 11 is 0. The third-order valence-corrected chi connectivity index (χ3v) is 9.62. The van der Waals surface area contributed by atoms with Crippen LogP contribution in [-0.4, -0.2) is 39.1 Å². The summed E-state index contributed by atoms with van der Waals surface area (Å²) in [6, 6.07) is 37.0. The Balaban J connectivity index is 1.33. The van der Waals surface area contributed by atoms with Crippen LogP contribution in [0.4, 0.5) is 0 Å². The van der Waals surface area contributed by atoms with Crippen LogP contribution in [0.5, 0.6) is 0 Å². The third-order valence-electron chi connectivity index (χ3n) is 7.76. The van der Waals surface area contributed by atoms with Crippen molar-refractivity contribution in [1.82, 2.24) is 0 Å². The first-order chi connectivity index (χ1) is 20.1. The lowest BCUT2D eigenvalue weighted by molar-refractivity contribution is -0.245. The Hall–Kier alpha value is -3.33. The van der Waals surface area contributed by atoms with E-state index in [4.69, 9.17) is 18.9 Å². The predicted octanol–water partition coefficient (Wildman–Crippen LogP) is 5.92. The molecule has 41 heavy (non-hydrogen) atoms. The number of ether oxygens (including phenoxy) is 4. The van der Waals surface area contributed by atoms with Gasteiger partial charge < -0.3 is 18.9 Å². The highest BCUT2D eigenvalue weighted by atomic mass is 32.2. The van der Waals surface area contributed by atoms with Crippen molar-refractivity contribution in [2.24, 2.45) is 5.92 Å². The minimum Gasteiger partial charge on any atom is -0.374 e. The first kappa shape index (κ1) is 27.8. The van der Waals surface area contributed by atoms with Crippen molar-refractivity contribution in [3.8, 4) is 0 Å². The Morgan fingerprint density at radius 2 is 1.15 bits per heavy atom. The summed E-state index contributed by atoms with van der Waals surface area (Å²) in [5.41, 5.74) is 3.76. The van der Waals surface area contributed by atoms with Gasteiger partial charge in [-0.05, 0) is 28.3 Å². The molecule has 2 aliphatic rings. The Morgan fingerprint density at radius 3 is 1.76 bits per heavy atom. The molecule has 0 saturated carbocycles. The van der Waals surface area contributed by atoms with E-state index in [1.54, 1.807) is 12.1 Å². The minimum atomic E-state index is -3.54. The summed E-state index contributed by atoms with van der Waals surface area (Å²) in [7, 11) is -3.54. The molecule has 0 radical (unpaired) electrons. The SMILES string of the molecule is O=S1(=O)C[C@@H]2[C@@H](OCc3ccccc3)[C@H](OCc3ccccc3)[C@@H](COCc3ccccc3)O[C@@H]2c2ccccc21. The molecule has 2 aliphatic heterocycles. The van der Waals surface area contributed by atoms with E-state index in [9.17, 15) is 8.42 Å². The van der Waals surface area contributed by atoms with Crippen LogP contribution in [0.2, 0.25) is 0 Å². The number of benzene rings is 4. The molecule has 1 saturated heterocycles. The summed E-state index contributed by atoms with van der Waals surface area (Å²) in [6.45, 7) is 1.38. The molecule has 6 nitrogen and oxygen atoms in total. The zero-order chi connectivity index (χ0) is 28.1. The molecule has 0 aromatic heterocycles. The van der Waals surface area contributed by atoms with Gasteiger partial charge in [0, 0.05) is 5.92 Å². The average Bonchev–Trinajstić information content (AvgIpc) is 3.01. The zero-order valence-corrected chi connectivity index (χ0v) is 23.6. The van der Waals surface area contributed by atoms with Gasteiger partial charge in [-0.25, -0.2) is 8.42 Å². The van der Waals surface area contributed by atoms with E-state index in [1.807, 2.05) is 103 Å². The standard InChI is InChI=1S/C34H34O6S/c35-41(36)24-29-32(28-18-10-11-19-31(28)41)40-30(23-37-20-25-12-4-1-5-13-25)34(39-22-27-16-8-3-9-17-27)33(29)38-21-26-14-6-2-7-15-26/h1-19,29-30,32-34H,20-24H2/t29-,30+,32+,33+,34+/m0/s1. The fourth-order valence-corrected chi connectivity index (χ4v) is 7.66. The second-order valence-electron chi connectivity index (χ2n) is 10.6. The van der Waals surface area contributed by atoms with Gasteiger partial charge in [0.1, 0.15) is 12.2 Å². The predicted molar refractivity (Wildman–Crippen MR) is 156 cm³/mol. The van der Waals surface area contributed by atoms with Crippen molar-refractivity contribution >= 4 is 9.84 Å². The molecule has 4 aromatic carbocycles. The second-order valence-corrected chi connectivity index (χ2v) is 12.6. The van der Waals surface area contributed by atoms with Crippen molar-refractivity contribution in [3.05, 3.63) is 138 Å². The molecule has 0 amide bonds. The molecule has 6 rings (SSSR count). The van der Waals surface area contributed by atoms with E-state index in [2.05, 4.69) is 0 Å². The third kappa shape index (κ3) is 6.45. The van der Waals surface area contributed by atoms with Gasteiger partial charge in [0.25, 0.3) is 0 Å². The molecule has 2 heterocycles. The summed E-state index contributed by atoms with van der Waals surface area (Å²) in [6.07, 6.45) is -2.02. The van der Waals surface area contributed by atoms with Crippen LogP contribution in [0.1, 0.15) is 28.4 Å². The molecule has 212 valence electrons. The lowest BCUT2D eigenvalue weighted by Crippen LogP contribution is -2.57. The molecule has 1 fully saturated rings. The van der Waals surface area contributed by atoms with Crippen molar-refractivity contribution in [3.63, 3.8) is 0 Å². The average molecular weight is 571 g/mol. The van der Waals surface area contributed by atoms with Crippen LogP contribution >= 0.6 is 0 Å². The Labute approximate surface area is 241 Å². The van der Waals surface area contributed by atoms with Crippen LogP contribution in [0.15, 0.2) is 120 Å². The largest absolute Gasteiger partial charge is 0.374 e. The van der Waals surface area contributed by atoms with Gasteiger partial charge in [0.15, 0.2) is 9.84 Å². The normalized spacial score (nSPS) is 24.7. The van der Waals surface area contributed by atoms with Crippen LogP contribution in [0.3, 0.4) is 0 Å². The van der Waals surface area contributed by atoms with Crippen LogP contribution in [-0.2, 0) is 48.6 Å². The molecule has 5 atom stereocenters. The Kier molecular flexibility index (Phi) is 8.60. The van der Waals surface area contributed by atoms with Crippen molar-refractivity contribution in [2.75, 3.05) is 12.4 Å². The van der Waals surface area contributed by atoms with Gasteiger partial charge in [0.2, 0.25) is 0 Å². The van der Waals surface area contributed by atoms with Crippen molar-refractivity contribution in [1.29, 1.82) is 0 Å². The van der Waals surface area contributed by atoms with Gasteiger partial charge in [0.05, 0.1) is 49.3 Å². The maximum atomic E-state index is 13.5. The number of rotatable bonds is 10. The number of fused-ring (bicyclic) bond motifs is 3. The highest BCUT2D eigenvalue weighted by Gasteiger charge is 2.52. The second kappa shape index (κ2) is 12.7. The quantitative estimate of drug-likeness (QED) is 0.236. The first-order valence-electron chi connectivity index (χ1n) is 14.0. The highest BCUT2D eigenvalue weighted by Crippen LogP contribution is 2.46.